The first kappa shape index (κ1) is 8.05. The summed E-state index contributed by atoms with van der Waals surface area (Å²) in [5.74, 6) is 0. The molecule has 0 bridgehead atoms. The third-order valence-electron chi connectivity index (χ3n) is 1.56. The van der Waals surface area contributed by atoms with E-state index < -0.39 is 0 Å². The Hall–Kier alpha value is -1.05. The quantitative estimate of drug-likeness (QED) is 0.568. The van der Waals surface area contributed by atoms with E-state index in [1.54, 1.807) is 0 Å². The molecule has 1 rings (SSSR count). The lowest BCUT2D eigenvalue weighted by Gasteiger charge is -2.15. The van der Waals surface area contributed by atoms with Crippen LogP contribution in [0.4, 0.5) is 0 Å². The molecule has 0 aromatic carbocycles. The van der Waals surface area contributed by atoms with Crippen LogP contribution in [0.3, 0.4) is 0 Å². The van der Waals surface area contributed by atoms with E-state index in [1.165, 1.54) is 18.6 Å². The van der Waals surface area contributed by atoms with Crippen LogP contribution in [0.15, 0.2) is 27.8 Å². The molecule has 0 aliphatic heterocycles. The van der Waals surface area contributed by atoms with Gasteiger partial charge in [-0.2, -0.15) is 0 Å². The Kier molecular flexibility index (Phi) is 1.85. The molecule has 0 spiro atoms. The van der Waals surface area contributed by atoms with Crippen molar-refractivity contribution in [1.29, 1.82) is 0 Å². The van der Waals surface area contributed by atoms with E-state index in [1.807, 2.05) is 20.8 Å². The van der Waals surface area contributed by atoms with Crippen molar-refractivity contribution >= 4 is 0 Å². The molecular weight excluding hydrogens is 140 g/mol. The van der Waals surface area contributed by atoms with E-state index >= 15 is 0 Å². The van der Waals surface area contributed by atoms with Crippen LogP contribution < -0.4 is 5.43 Å². The molecule has 0 saturated carbocycles. The van der Waals surface area contributed by atoms with Crippen LogP contribution in [0.5, 0.6) is 0 Å². The molecule has 2 heteroatoms. The summed E-state index contributed by atoms with van der Waals surface area (Å²) in [4.78, 5) is 11.2. The molecular formula is C9H12O2. The summed E-state index contributed by atoms with van der Waals surface area (Å²) in [7, 11) is 0. The molecule has 0 radical (unpaired) electrons. The van der Waals surface area contributed by atoms with E-state index in [2.05, 4.69) is 0 Å². The summed E-state index contributed by atoms with van der Waals surface area (Å²) in [6.45, 7) is 5.96. The maximum Gasteiger partial charge on any atom is 0.188 e. The highest BCUT2D eigenvalue weighted by Crippen LogP contribution is 2.17. The van der Waals surface area contributed by atoms with Crippen molar-refractivity contribution < 1.29 is 4.42 Å². The van der Waals surface area contributed by atoms with Gasteiger partial charge in [0.1, 0.15) is 0 Å². The Morgan fingerprint density at radius 1 is 1.36 bits per heavy atom. The summed E-state index contributed by atoms with van der Waals surface area (Å²) in [6, 6.07) is 1.45. The Balaban J connectivity index is 3.26. The van der Waals surface area contributed by atoms with Gasteiger partial charge in [-0.05, 0) is 5.41 Å². The summed E-state index contributed by atoms with van der Waals surface area (Å²) in [5.41, 5.74) is 0.644. The number of rotatable bonds is 0. The molecule has 1 aromatic heterocycles. The fourth-order valence-corrected chi connectivity index (χ4v) is 0.903. The third kappa shape index (κ3) is 1.70. The second-order valence-electron chi connectivity index (χ2n) is 3.58. The first-order valence-corrected chi connectivity index (χ1v) is 3.59. The lowest BCUT2D eigenvalue weighted by atomic mass is 9.88. The van der Waals surface area contributed by atoms with Crippen molar-refractivity contribution in [3.63, 3.8) is 0 Å². The lowest BCUT2D eigenvalue weighted by molar-refractivity contribution is 0.500. The second-order valence-corrected chi connectivity index (χ2v) is 3.58. The zero-order valence-corrected chi connectivity index (χ0v) is 7.05. The topological polar surface area (TPSA) is 30.2 Å². The van der Waals surface area contributed by atoms with Crippen LogP contribution >= 0.6 is 0 Å². The van der Waals surface area contributed by atoms with Crippen LogP contribution in [0.25, 0.3) is 0 Å². The van der Waals surface area contributed by atoms with Crippen molar-refractivity contribution in [2.75, 3.05) is 0 Å². The third-order valence-corrected chi connectivity index (χ3v) is 1.56. The zero-order chi connectivity index (χ0) is 8.48. The number of hydrogen-bond acceptors (Lipinski definition) is 2. The van der Waals surface area contributed by atoms with Gasteiger partial charge in [-0.1, -0.05) is 20.8 Å². The Morgan fingerprint density at radius 2 is 2.00 bits per heavy atom. The molecule has 0 aliphatic rings. The largest absolute Gasteiger partial charge is 0.472 e. The van der Waals surface area contributed by atoms with Gasteiger partial charge >= 0.3 is 0 Å². The molecule has 1 heterocycles. The summed E-state index contributed by atoms with van der Waals surface area (Å²) < 4.78 is 4.92. The smallest absolute Gasteiger partial charge is 0.188 e. The van der Waals surface area contributed by atoms with E-state index in [0.717, 1.165) is 5.56 Å². The van der Waals surface area contributed by atoms with Gasteiger partial charge in [0.15, 0.2) is 5.43 Å². The van der Waals surface area contributed by atoms with Gasteiger partial charge in [0.2, 0.25) is 0 Å². The van der Waals surface area contributed by atoms with Crippen LogP contribution in [0.2, 0.25) is 0 Å². The molecule has 0 saturated heterocycles. The van der Waals surface area contributed by atoms with Crippen molar-refractivity contribution in [3.8, 4) is 0 Å². The normalized spacial score (nSPS) is 11.5. The van der Waals surface area contributed by atoms with Gasteiger partial charge < -0.3 is 4.42 Å². The van der Waals surface area contributed by atoms with Gasteiger partial charge in [0.05, 0.1) is 12.5 Å². The molecule has 0 amide bonds. The molecule has 0 N–H and O–H groups in total. The first-order valence-electron chi connectivity index (χ1n) is 3.59. The average molecular weight is 152 g/mol. The van der Waals surface area contributed by atoms with E-state index in [4.69, 9.17) is 4.42 Å². The SMILES string of the molecule is CC(C)(C)c1coccc1=O. The van der Waals surface area contributed by atoms with Gasteiger partial charge in [0.25, 0.3) is 0 Å². The van der Waals surface area contributed by atoms with Crippen molar-refractivity contribution in [2.45, 2.75) is 26.2 Å². The molecule has 0 atom stereocenters. The minimum atomic E-state index is -0.123. The molecule has 2 nitrogen and oxygen atoms in total. The highest BCUT2D eigenvalue weighted by Gasteiger charge is 2.16. The summed E-state index contributed by atoms with van der Waals surface area (Å²) in [6.07, 6.45) is 2.92. The maximum atomic E-state index is 11.2. The zero-order valence-electron chi connectivity index (χ0n) is 7.05. The first-order chi connectivity index (χ1) is 5.02. The van der Waals surface area contributed by atoms with Gasteiger partial charge in [-0.15, -0.1) is 0 Å². The van der Waals surface area contributed by atoms with E-state index in [0.29, 0.717) is 0 Å². The second kappa shape index (κ2) is 2.53. The predicted molar refractivity (Wildman–Crippen MR) is 43.7 cm³/mol. The standard InChI is InChI=1S/C9H12O2/c1-9(2,3)7-6-11-5-4-8(7)10/h4-6H,1-3H3. The Morgan fingerprint density at radius 3 is 2.36 bits per heavy atom. The monoisotopic (exact) mass is 152 g/mol. The molecule has 60 valence electrons. The minimum Gasteiger partial charge on any atom is -0.472 e. The number of hydrogen-bond donors (Lipinski definition) is 0. The highest BCUT2D eigenvalue weighted by molar-refractivity contribution is 5.16. The average Bonchev–Trinajstić information content (AvgIpc) is 1.86. The van der Waals surface area contributed by atoms with Gasteiger partial charge in [-0.25, -0.2) is 0 Å². The maximum absolute atomic E-state index is 11.2. The van der Waals surface area contributed by atoms with Crippen molar-refractivity contribution in [3.05, 3.63) is 34.4 Å². The van der Waals surface area contributed by atoms with Crippen molar-refractivity contribution in [2.24, 2.45) is 0 Å². The van der Waals surface area contributed by atoms with E-state index in [9.17, 15) is 4.79 Å². The van der Waals surface area contributed by atoms with E-state index in [-0.39, 0.29) is 10.8 Å². The molecule has 1 aromatic rings. The lowest BCUT2D eigenvalue weighted by Crippen LogP contribution is -2.21. The minimum absolute atomic E-state index is 0.0451. The van der Waals surface area contributed by atoms with Crippen molar-refractivity contribution in [1.82, 2.24) is 0 Å². The Bertz CT molecular complexity index is 291. The molecule has 0 unspecified atom stereocenters. The fourth-order valence-electron chi connectivity index (χ4n) is 0.903. The van der Waals surface area contributed by atoms with Crippen LogP contribution in [0.1, 0.15) is 26.3 Å². The molecule has 11 heavy (non-hydrogen) atoms. The molecule has 0 fully saturated rings. The molecule has 0 aliphatic carbocycles. The Labute approximate surface area is 65.9 Å². The highest BCUT2D eigenvalue weighted by atomic mass is 16.3. The predicted octanol–water partition coefficient (Wildman–Crippen LogP) is 1.94. The summed E-state index contributed by atoms with van der Waals surface area (Å²) in [5, 5.41) is 0. The van der Waals surface area contributed by atoms with Crippen LogP contribution in [0, 0.1) is 0 Å². The van der Waals surface area contributed by atoms with Gasteiger partial charge in [0, 0.05) is 11.6 Å². The van der Waals surface area contributed by atoms with Crippen LogP contribution in [-0.4, -0.2) is 0 Å². The fraction of sp³-hybridized carbons (Fsp3) is 0.444. The van der Waals surface area contributed by atoms with Crippen LogP contribution in [-0.2, 0) is 5.41 Å². The van der Waals surface area contributed by atoms with Gasteiger partial charge in [-0.3, -0.25) is 4.79 Å². The summed E-state index contributed by atoms with van der Waals surface area (Å²) >= 11 is 0.